The zero-order valence-electron chi connectivity index (χ0n) is 8.06. The quantitative estimate of drug-likeness (QED) is 0.618. The van der Waals surface area contributed by atoms with Gasteiger partial charge in [0, 0.05) is 5.69 Å². The maximum absolute atomic E-state index is 12.4. The highest BCUT2D eigenvalue weighted by molar-refractivity contribution is 6.32. The standard InChI is InChI=1S/C9H7ClF3NO2/c1-16-8(15)4-2-6(10)5(3-7(4)14)9(11,12)13/h2-3H,14H2,1H3. The van der Waals surface area contributed by atoms with Crippen LogP contribution in [0.4, 0.5) is 18.9 Å². The van der Waals surface area contributed by atoms with E-state index in [4.69, 9.17) is 17.3 Å². The number of ether oxygens (including phenoxy) is 1. The van der Waals surface area contributed by atoms with Crippen molar-refractivity contribution < 1.29 is 22.7 Å². The van der Waals surface area contributed by atoms with E-state index in [9.17, 15) is 18.0 Å². The monoisotopic (exact) mass is 253 g/mol. The van der Waals surface area contributed by atoms with Crippen LogP contribution in [0.25, 0.3) is 0 Å². The molecular formula is C9H7ClF3NO2. The summed E-state index contributed by atoms with van der Waals surface area (Å²) in [5.41, 5.74) is 3.70. The fraction of sp³-hybridized carbons (Fsp3) is 0.222. The van der Waals surface area contributed by atoms with Crippen molar-refractivity contribution in [1.29, 1.82) is 0 Å². The summed E-state index contributed by atoms with van der Waals surface area (Å²) in [4.78, 5) is 11.1. The zero-order valence-corrected chi connectivity index (χ0v) is 8.82. The third kappa shape index (κ3) is 2.38. The molecule has 0 aliphatic heterocycles. The van der Waals surface area contributed by atoms with Gasteiger partial charge in [-0.25, -0.2) is 4.79 Å². The van der Waals surface area contributed by atoms with Crippen molar-refractivity contribution in [3.8, 4) is 0 Å². The van der Waals surface area contributed by atoms with Crippen LogP contribution in [0.3, 0.4) is 0 Å². The van der Waals surface area contributed by atoms with Crippen molar-refractivity contribution in [3.05, 3.63) is 28.3 Å². The Bertz CT molecular complexity index is 431. The number of rotatable bonds is 1. The van der Waals surface area contributed by atoms with E-state index < -0.39 is 22.7 Å². The van der Waals surface area contributed by atoms with Gasteiger partial charge < -0.3 is 10.5 Å². The van der Waals surface area contributed by atoms with E-state index in [0.29, 0.717) is 6.07 Å². The summed E-state index contributed by atoms with van der Waals surface area (Å²) >= 11 is 5.40. The highest BCUT2D eigenvalue weighted by atomic mass is 35.5. The highest BCUT2D eigenvalue weighted by Crippen LogP contribution is 2.37. The van der Waals surface area contributed by atoms with Gasteiger partial charge in [0.25, 0.3) is 0 Å². The van der Waals surface area contributed by atoms with Gasteiger partial charge in [0.05, 0.1) is 23.3 Å². The smallest absolute Gasteiger partial charge is 0.417 e. The largest absolute Gasteiger partial charge is 0.465 e. The minimum Gasteiger partial charge on any atom is -0.465 e. The number of carbonyl (C=O) groups excluding carboxylic acids is 1. The first kappa shape index (κ1) is 12.6. The number of alkyl halides is 3. The summed E-state index contributed by atoms with van der Waals surface area (Å²) in [6, 6.07) is 1.44. The van der Waals surface area contributed by atoms with E-state index in [2.05, 4.69) is 4.74 Å². The molecule has 16 heavy (non-hydrogen) atoms. The van der Waals surface area contributed by atoms with Crippen molar-refractivity contribution in [2.45, 2.75) is 6.18 Å². The van der Waals surface area contributed by atoms with Gasteiger partial charge in [0.1, 0.15) is 0 Å². The van der Waals surface area contributed by atoms with Crippen LogP contribution in [0.1, 0.15) is 15.9 Å². The Hall–Kier alpha value is -1.43. The van der Waals surface area contributed by atoms with Crippen molar-refractivity contribution in [2.75, 3.05) is 12.8 Å². The minimum absolute atomic E-state index is 0.194. The lowest BCUT2D eigenvalue weighted by atomic mass is 10.1. The normalized spacial score (nSPS) is 11.3. The third-order valence-electron chi connectivity index (χ3n) is 1.85. The summed E-state index contributed by atoms with van der Waals surface area (Å²) in [6.07, 6.45) is -4.61. The summed E-state index contributed by atoms with van der Waals surface area (Å²) in [5, 5.41) is -0.595. The Morgan fingerprint density at radius 1 is 1.44 bits per heavy atom. The van der Waals surface area contributed by atoms with Crippen LogP contribution in [0.5, 0.6) is 0 Å². The van der Waals surface area contributed by atoms with Gasteiger partial charge in [0.15, 0.2) is 0 Å². The van der Waals surface area contributed by atoms with Crippen LogP contribution in [0.2, 0.25) is 5.02 Å². The van der Waals surface area contributed by atoms with E-state index in [1.165, 1.54) is 0 Å². The van der Waals surface area contributed by atoms with Crippen molar-refractivity contribution in [2.24, 2.45) is 0 Å². The summed E-state index contributed by atoms with van der Waals surface area (Å²) in [6.45, 7) is 0. The predicted octanol–water partition coefficient (Wildman–Crippen LogP) is 2.73. The Morgan fingerprint density at radius 3 is 2.44 bits per heavy atom. The van der Waals surface area contributed by atoms with Crippen LogP contribution >= 0.6 is 11.6 Å². The van der Waals surface area contributed by atoms with Crippen molar-refractivity contribution in [1.82, 2.24) is 0 Å². The molecular weight excluding hydrogens is 247 g/mol. The second-order valence-corrected chi connectivity index (χ2v) is 3.32. The summed E-state index contributed by atoms with van der Waals surface area (Å²) < 4.78 is 41.5. The number of hydrogen-bond donors (Lipinski definition) is 1. The molecule has 0 radical (unpaired) electrons. The van der Waals surface area contributed by atoms with Gasteiger partial charge in [-0.05, 0) is 12.1 Å². The van der Waals surface area contributed by atoms with Crippen LogP contribution in [0.15, 0.2) is 12.1 Å². The minimum atomic E-state index is -4.61. The zero-order chi connectivity index (χ0) is 12.5. The molecule has 1 aromatic rings. The molecule has 1 rings (SSSR count). The maximum atomic E-state index is 12.4. The Labute approximate surface area is 93.9 Å². The first-order valence-electron chi connectivity index (χ1n) is 4.02. The van der Waals surface area contributed by atoms with E-state index in [-0.39, 0.29) is 11.3 Å². The van der Waals surface area contributed by atoms with Crippen molar-refractivity contribution in [3.63, 3.8) is 0 Å². The maximum Gasteiger partial charge on any atom is 0.417 e. The number of halogens is 4. The Kier molecular flexibility index (Phi) is 3.32. The Balaban J connectivity index is 3.33. The fourth-order valence-electron chi connectivity index (χ4n) is 1.09. The van der Waals surface area contributed by atoms with Crippen LogP contribution < -0.4 is 5.73 Å². The van der Waals surface area contributed by atoms with E-state index >= 15 is 0 Å². The molecule has 0 bridgehead atoms. The van der Waals surface area contributed by atoms with Gasteiger partial charge in [-0.15, -0.1) is 0 Å². The van der Waals surface area contributed by atoms with Gasteiger partial charge in [-0.2, -0.15) is 13.2 Å². The van der Waals surface area contributed by atoms with Crippen LogP contribution in [0, 0.1) is 0 Å². The van der Waals surface area contributed by atoms with E-state index in [1.807, 2.05) is 0 Å². The molecule has 3 nitrogen and oxygen atoms in total. The predicted molar refractivity (Wildman–Crippen MR) is 52.2 cm³/mol. The number of hydrogen-bond acceptors (Lipinski definition) is 3. The molecule has 0 saturated carbocycles. The fourth-order valence-corrected chi connectivity index (χ4v) is 1.36. The number of nitrogens with two attached hydrogens (primary N) is 1. The number of nitrogen functional groups attached to an aromatic ring is 1. The number of anilines is 1. The molecule has 0 amide bonds. The molecule has 0 saturated heterocycles. The molecule has 0 unspecified atom stereocenters. The van der Waals surface area contributed by atoms with Crippen molar-refractivity contribution >= 4 is 23.3 Å². The topological polar surface area (TPSA) is 52.3 Å². The van der Waals surface area contributed by atoms with Gasteiger partial charge in [-0.1, -0.05) is 11.6 Å². The lowest BCUT2D eigenvalue weighted by Gasteiger charge is -2.11. The number of methoxy groups -OCH3 is 1. The SMILES string of the molecule is COC(=O)c1cc(Cl)c(C(F)(F)F)cc1N. The van der Waals surface area contributed by atoms with E-state index in [0.717, 1.165) is 13.2 Å². The number of benzene rings is 1. The molecule has 1 aromatic carbocycles. The lowest BCUT2D eigenvalue weighted by Crippen LogP contribution is -2.11. The molecule has 7 heteroatoms. The first-order chi connectivity index (χ1) is 7.27. The lowest BCUT2D eigenvalue weighted by molar-refractivity contribution is -0.137. The average molecular weight is 254 g/mol. The molecule has 0 fully saturated rings. The Morgan fingerprint density at radius 2 is 2.00 bits per heavy atom. The highest BCUT2D eigenvalue weighted by Gasteiger charge is 2.34. The molecule has 0 aliphatic rings. The van der Waals surface area contributed by atoms with Crippen LogP contribution in [-0.4, -0.2) is 13.1 Å². The number of carbonyl (C=O) groups is 1. The van der Waals surface area contributed by atoms with E-state index in [1.54, 1.807) is 0 Å². The van der Waals surface area contributed by atoms with Gasteiger partial charge in [-0.3, -0.25) is 0 Å². The summed E-state index contributed by atoms with van der Waals surface area (Å²) in [7, 11) is 1.09. The second-order valence-electron chi connectivity index (χ2n) is 2.91. The summed E-state index contributed by atoms with van der Waals surface area (Å²) in [5.74, 6) is -0.840. The number of esters is 1. The van der Waals surface area contributed by atoms with Crippen LogP contribution in [-0.2, 0) is 10.9 Å². The molecule has 2 N–H and O–H groups in total. The average Bonchev–Trinajstić information content (AvgIpc) is 2.18. The molecule has 88 valence electrons. The molecule has 0 aliphatic carbocycles. The van der Waals surface area contributed by atoms with Gasteiger partial charge >= 0.3 is 12.1 Å². The molecule has 0 aromatic heterocycles. The first-order valence-corrected chi connectivity index (χ1v) is 4.39. The molecule has 0 spiro atoms. The third-order valence-corrected chi connectivity index (χ3v) is 2.16. The molecule has 0 atom stereocenters. The second kappa shape index (κ2) is 4.21. The van der Waals surface area contributed by atoms with Gasteiger partial charge in [0.2, 0.25) is 0 Å². The molecule has 0 heterocycles.